The lowest BCUT2D eigenvalue weighted by molar-refractivity contribution is 0.410. The van der Waals surface area contributed by atoms with Crippen LogP contribution in [0.3, 0.4) is 0 Å². The van der Waals surface area contributed by atoms with Crippen LogP contribution in [-0.2, 0) is 0 Å². The summed E-state index contributed by atoms with van der Waals surface area (Å²) in [7, 11) is 0. The number of para-hydroxylation sites is 4. The number of benzene rings is 20. The molecule has 0 saturated carbocycles. The van der Waals surface area contributed by atoms with Gasteiger partial charge in [-0.1, -0.05) is 291 Å². The number of aromatic nitrogens is 2. The molecule has 0 atom stereocenters. The van der Waals surface area contributed by atoms with Crippen LogP contribution < -0.4 is 9.80 Å². The number of rotatable bonds is 13. The summed E-state index contributed by atoms with van der Waals surface area (Å²) in [4.78, 5) is 3.75. The van der Waals surface area contributed by atoms with Gasteiger partial charge in [0.15, 0.2) is 23.3 Å². The molecule has 0 amide bonds. The zero-order valence-corrected chi connectivity index (χ0v) is 64.0. The summed E-state index contributed by atoms with van der Waals surface area (Å²) >= 11 is 0. The van der Waals surface area contributed by atoms with Gasteiger partial charge in [0.25, 0.3) is 0 Å². The summed E-state index contributed by atoms with van der Waals surface area (Å²) in [6.07, 6.45) is 0. The van der Waals surface area contributed by atoms with E-state index in [1.165, 1.54) is 71.2 Å². The molecule has 0 unspecified atom stereocenters. The van der Waals surface area contributed by atoms with Crippen LogP contribution in [0.5, 0.6) is 0 Å². The van der Waals surface area contributed by atoms with Crippen LogP contribution >= 0.6 is 0 Å². The minimum absolute atomic E-state index is 0.236. The lowest BCUT2D eigenvalue weighted by atomic mass is 9.86. The van der Waals surface area contributed by atoms with Gasteiger partial charge in [0, 0.05) is 67.4 Å². The summed E-state index contributed by atoms with van der Waals surface area (Å²) in [6.45, 7) is 0. The van der Waals surface area contributed by atoms with Crippen molar-refractivity contribution in [3.8, 4) is 67.0 Å². The Kier molecular flexibility index (Phi) is 17.8. The third-order valence-corrected chi connectivity index (χ3v) is 23.3. The Labute approximate surface area is 682 Å². The monoisotopic (exact) mass is 1540 g/mol. The first-order valence-electron chi connectivity index (χ1n) is 39.7. The predicted octanol–water partition coefficient (Wildman–Crippen LogP) is 31.3. The van der Waals surface area contributed by atoms with E-state index in [2.05, 4.69) is 281 Å². The van der Waals surface area contributed by atoms with Gasteiger partial charge in [-0.2, -0.15) is 0 Å². The highest BCUT2D eigenvalue weighted by molar-refractivity contribution is 6.26. The van der Waals surface area contributed by atoms with Crippen molar-refractivity contribution in [3.05, 3.63) is 448 Å². The van der Waals surface area contributed by atoms with Crippen LogP contribution in [0.2, 0.25) is 0 Å². The SMILES string of the molecule is Fc1cc(N(c2ccc(-c3ccc4c5ccccc5n(-c5ccccc5)c4c3)cc2)c2ccc(-c3c4ccccc4c(-c4ccccc4)c4ccccc34)cc2)c(F)c(F)c1F.Fc1ccc(-c2ccc(N(c3ccc(-c4ccc5c6ccccc6n(-c6ccccc6)c5c4)cc3)c3ccc4c5ccccc5c5ccccc5c4c3)cc2)cc1. The maximum absolute atomic E-state index is 15.9. The van der Waals surface area contributed by atoms with Gasteiger partial charge in [-0.3, -0.25) is 0 Å². The van der Waals surface area contributed by atoms with Crippen molar-refractivity contribution in [1.82, 2.24) is 9.13 Å². The summed E-state index contributed by atoms with van der Waals surface area (Å²) in [5.41, 5.74) is 20.6. The molecule has 2 heterocycles. The average Bonchev–Trinajstić information content (AvgIpc) is 1.54. The van der Waals surface area contributed by atoms with Gasteiger partial charge in [-0.25, -0.2) is 22.0 Å². The van der Waals surface area contributed by atoms with Crippen molar-refractivity contribution in [2.24, 2.45) is 0 Å². The quantitative estimate of drug-likeness (QED) is 0.0376. The van der Waals surface area contributed by atoms with E-state index in [0.29, 0.717) is 17.4 Å². The number of hydrogen-bond acceptors (Lipinski definition) is 2. The maximum Gasteiger partial charge on any atom is 0.199 e. The minimum atomic E-state index is -1.88. The van der Waals surface area contributed by atoms with Crippen molar-refractivity contribution >= 4 is 132 Å². The van der Waals surface area contributed by atoms with Gasteiger partial charge in [0.1, 0.15) is 5.82 Å². The van der Waals surface area contributed by atoms with Crippen LogP contribution in [0, 0.1) is 29.1 Å². The molecule has 0 N–H and O–H groups in total. The van der Waals surface area contributed by atoms with Crippen molar-refractivity contribution in [1.29, 1.82) is 0 Å². The molecule has 2 aromatic heterocycles. The first-order valence-corrected chi connectivity index (χ1v) is 39.7. The number of fused-ring (bicyclic) bond motifs is 14. The van der Waals surface area contributed by atoms with Gasteiger partial charge in [-0.05, 0) is 231 Å². The van der Waals surface area contributed by atoms with Gasteiger partial charge < -0.3 is 18.9 Å². The van der Waals surface area contributed by atoms with E-state index in [-0.39, 0.29) is 5.82 Å². The van der Waals surface area contributed by atoms with Gasteiger partial charge in [0.2, 0.25) is 0 Å². The summed E-state index contributed by atoms with van der Waals surface area (Å²) in [5, 5.41) is 16.5. The summed E-state index contributed by atoms with van der Waals surface area (Å²) in [6, 6.07) is 142. The molecule has 0 saturated heterocycles. The molecule has 22 rings (SSSR count). The van der Waals surface area contributed by atoms with Crippen LogP contribution in [0.25, 0.3) is 164 Å². The second-order valence-electron chi connectivity index (χ2n) is 30.1. The maximum atomic E-state index is 15.9. The fraction of sp³-hybridized carbons (Fsp3) is 0. The lowest BCUT2D eigenvalue weighted by Gasteiger charge is -2.27. The van der Waals surface area contributed by atoms with Crippen LogP contribution in [0.1, 0.15) is 0 Å². The van der Waals surface area contributed by atoms with Crippen LogP contribution in [-0.4, -0.2) is 9.13 Å². The summed E-state index contributed by atoms with van der Waals surface area (Å²) in [5.74, 6) is -6.96. The van der Waals surface area contributed by atoms with E-state index in [4.69, 9.17) is 0 Å². The fourth-order valence-corrected chi connectivity index (χ4v) is 17.8. The molecule has 4 nitrogen and oxygen atoms in total. The normalized spacial score (nSPS) is 11.6. The molecular formula is C110H69F5N4. The van der Waals surface area contributed by atoms with Crippen molar-refractivity contribution in [2.75, 3.05) is 9.80 Å². The third-order valence-electron chi connectivity index (χ3n) is 23.3. The lowest BCUT2D eigenvalue weighted by Crippen LogP contribution is -2.14. The van der Waals surface area contributed by atoms with E-state index < -0.39 is 29.0 Å². The number of nitrogens with zero attached hydrogens (tertiary/aromatic N) is 4. The Morgan fingerprint density at radius 2 is 0.471 bits per heavy atom. The zero-order valence-electron chi connectivity index (χ0n) is 64.0. The number of halogens is 5. The Bertz CT molecular complexity index is 7590. The largest absolute Gasteiger partial charge is 0.310 e. The highest BCUT2D eigenvalue weighted by atomic mass is 19.2. The second-order valence-corrected chi connectivity index (χ2v) is 30.1. The van der Waals surface area contributed by atoms with Gasteiger partial charge in [0.05, 0.1) is 27.8 Å². The molecule has 119 heavy (non-hydrogen) atoms. The van der Waals surface area contributed by atoms with Crippen molar-refractivity contribution in [3.63, 3.8) is 0 Å². The minimum Gasteiger partial charge on any atom is -0.310 e. The molecule has 20 aromatic carbocycles. The Hall–Kier alpha value is -15.5. The van der Waals surface area contributed by atoms with E-state index in [0.717, 1.165) is 127 Å². The predicted molar refractivity (Wildman–Crippen MR) is 485 cm³/mol. The number of anilines is 6. The Balaban J connectivity index is 0.000000148. The second kappa shape index (κ2) is 29.7. The first-order chi connectivity index (χ1) is 58.6. The molecule has 0 bridgehead atoms. The van der Waals surface area contributed by atoms with Gasteiger partial charge in [-0.15, -0.1) is 0 Å². The molecule has 0 aliphatic heterocycles. The highest BCUT2D eigenvalue weighted by Gasteiger charge is 2.27. The van der Waals surface area contributed by atoms with Crippen molar-refractivity contribution < 1.29 is 22.0 Å². The van der Waals surface area contributed by atoms with E-state index >= 15 is 8.78 Å². The molecule has 22 aromatic rings. The Morgan fingerprint density at radius 1 is 0.176 bits per heavy atom. The molecular weight excluding hydrogens is 1470 g/mol. The van der Waals surface area contributed by atoms with E-state index in [1.807, 2.05) is 109 Å². The van der Waals surface area contributed by atoms with Gasteiger partial charge >= 0.3 is 0 Å². The molecule has 9 heteroatoms. The fourth-order valence-electron chi connectivity index (χ4n) is 17.8. The van der Waals surface area contributed by atoms with Crippen molar-refractivity contribution in [2.45, 2.75) is 0 Å². The summed E-state index contributed by atoms with van der Waals surface area (Å²) < 4.78 is 78.7. The Morgan fingerprint density at radius 3 is 0.899 bits per heavy atom. The molecule has 0 aliphatic carbocycles. The zero-order chi connectivity index (χ0) is 79.8. The smallest absolute Gasteiger partial charge is 0.199 e. The van der Waals surface area contributed by atoms with Crippen LogP contribution in [0.15, 0.2) is 419 Å². The van der Waals surface area contributed by atoms with E-state index in [1.54, 1.807) is 24.3 Å². The molecule has 564 valence electrons. The molecule has 0 aliphatic rings. The molecule has 0 spiro atoms. The van der Waals surface area contributed by atoms with Crippen LogP contribution in [0.4, 0.5) is 56.1 Å². The third kappa shape index (κ3) is 12.5. The first kappa shape index (κ1) is 71.3. The molecule has 0 radical (unpaired) electrons. The molecule has 0 fully saturated rings. The van der Waals surface area contributed by atoms with E-state index in [9.17, 15) is 13.2 Å². The average molecular weight is 1540 g/mol. The topological polar surface area (TPSA) is 16.3 Å². The number of hydrogen-bond donors (Lipinski definition) is 0. The highest BCUT2D eigenvalue weighted by Crippen LogP contribution is 2.48. The standard InChI is InChI=1S/C56H34F4N2.C54H35FN2/c57-48-34-51(55(59)56(60)54(48)58)61(40-28-23-35(24-29-40)38-27-32-43-42-17-11-12-22-49(42)62(50(43)33-38)39-15-5-2-6-16-39)41-30-25-37(26-31-41)53-46-20-9-7-18-44(46)52(36-13-3-1-4-14-36)45-19-8-10-21-47(45)53;55-40-25-18-36(19-26-40)37-20-27-42(28-21-37)56(44-31-33-49-47-14-5-4-12-45(47)46-13-6-7-15-48(46)52(49)35-44)43-29-22-38(23-30-43)39-24-32-51-50-16-8-9-17-53(50)57(54(51)34-39)41-10-2-1-3-11-41/h1-34H;1-35H.